The van der Waals surface area contributed by atoms with Gasteiger partial charge in [0.2, 0.25) is 0 Å². The zero-order valence-corrected chi connectivity index (χ0v) is 12.3. The second-order valence-corrected chi connectivity index (χ2v) is 4.46. The van der Waals surface area contributed by atoms with Crippen molar-refractivity contribution in [3.05, 3.63) is 29.3 Å². The van der Waals surface area contributed by atoms with Crippen molar-refractivity contribution in [1.82, 2.24) is 4.90 Å². The first-order valence-corrected chi connectivity index (χ1v) is 6.67. The van der Waals surface area contributed by atoms with Gasteiger partial charge in [0.15, 0.2) is 0 Å². The Morgan fingerprint density at radius 2 is 2.20 bits per heavy atom. The molecule has 1 N–H and O–H groups in total. The number of nitrogens with zero attached hydrogens (tertiary/aromatic N) is 1. The number of hydrogen-bond acceptors (Lipinski definition) is 3. The number of amides is 1. The predicted octanol–water partition coefficient (Wildman–Crippen LogP) is 1.91. The maximum absolute atomic E-state index is 12.3. The Morgan fingerprint density at radius 1 is 1.45 bits per heavy atom. The van der Waals surface area contributed by atoms with Crippen LogP contribution in [0.1, 0.15) is 35.7 Å². The largest absolute Gasteiger partial charge is 0.495 e. The van der Waals surface area contributed by atoms with Crippen LogP contribution in [0.15, 0.2) is 18.2 Å². The zero-order chi connectivity index (χ0) is 15.0. The minimum Gasteiger partial charge on any atom is -0.495 e. The molecule has 1 aromatic carbocycles. The maximum atomic E-state index is 12.3. The molecule has 4 nitrogen and oxygen atoms in total. The van der Waals surface area contributed by atoms with Crippen LogP contribution in [0.3, 0.4) is 0 Å². The number of unbranched alkanes of at least 4 members (excludes halogenated alkanes) is 1. The molecule has 0 atom stereocenters. The third kappa shape index (κ3) is 4.29. The number of benzene rings is 1. The summed E-state index contributed by atoms with van der Waals surface area (Å²) in [5, 5.41) is 8.77. The fourth-order valence-electron chi connectivity index (χ4n) is 1.79. The third-order valence-corrected chi connectivity index (χ3v) is 2.94. The van der Waals surface area contributed by atoms with Gasteiger partial charge in [-0.2, -0.15) is 0 Å². The van der Waals surface area contributed by atoms with Crippen molar-refractivity contribution in [2.75, 3.05) is 27.3 Å². The lowest BCUT2D eigenvalue weighted by molar-refractivity contribution is 0.0793. The summed E-state index contributed by atoms with van der Waals surface area (Å²) in [5.41, 5.74) is 1.18. The van der Waals surface area contributed by atoms with E-state index in [0.29, 0.717) is 16.9 Å². The lowest BCUT2D eigenvalue weighted by atomic mass is 10.1. The summed E-state index contributed by atoms with van der Waals surface area (Å²) in [4.78, 5) is 14.0. The van der Waals surface area contributed by atoms with E-state index in [0.717, 1.165) is 19.4 Å². The summed E-state index contributed by atoms with van der Waals surface area (Å²) in [6, 6.07) is 5.16. The van der Waals surface area contributed by atoms with Crippen LogP contribution in [0, 0.1) is 11.8 Å². The summed E-state index contributed by atoms with van der Waals surface area (Å²) >= 11 is 0. The van der Waals surface area contributed by atoms with Crippen molar-refractivity contribution in [3.63, 3.8) is 0 Å². The molecule has 0 spiro atoms. The van der Waals surface area contributed by atoms with Crippen molar-refractivity contribution >= 4 is 5.91 Å². The van der Waals surface area contributed by atoms with E-state index >= 15 is 0 Å². The van der Waals surface area contributed by atoms with E-state index in [-0.39, 0.29) is 12.5 Å². The normalized spacial score (nSPS) is 9.60. The van der Waals surface area contributed by atoms with Gasteiger partial charge >= 0.3 is 0 Å². The molecule has 0 aliphatic rings. The highest BCUT2D eigenvalue weighted by atomic mass is 16.5. The van der Waals surface area contributed by atoms with Crippen LogP contribution in [0.4, 0.5) is 0 Å². The Labute approximate surface area is 120 Å². The number of carbonyl (C=O) groups is 1. The highest BCUT2D eigenvalue weighted by molar-refractivity contribution is 5.94. The van der Waals surface area contributed by atoms with Crippen molar-refractivity contribution < 1.29 is 14.6 Å². The van der Waals surface area contributed by atoms with E-state index in [1.807, 2.05) is 0 Å². The van der Waals surface area contributed by atoms with Crippen LogP contribution in [-0.2, 0) is 0 Å². The number of rotatable bonds is 5. The molecule has 4 heteroatoms. The first-order valence-electron chi connectivity index (χ1n) is 6.67. The Kier molecular flexibility index (Phi) is 6.61. The van der Waals surface area contributed by atoms with Crippen molar-refractivity contribution in [2.24, 2.45) is 0 Å². The molecule has 0 saturated heterocycles. The average molecular weight is 275 g/mol. The standard InChI is InChI=1S/C16H21NO3/c1-4-5-10-17(2)16(19)14-8-9-15(20-3)13(12-14)7-6-11-18/h8-9,12,18H,4-5,10-11H2,1-3H3. The lowest BCUT2D eigenvalue weighted by Crippen LogP contribution is -2.27. The monoisotopic (exact) mass is 275 g/mol. The predicted molar refractivity (Wildman–Crippen MR) is 78.8 cm³/mol. The average Bonchev–Trinajstić information content (AvgIpc) is 2.49. The van der Waals surface area contributed by atoms with Crippen LogP contribution in [0.5, 0.6) is 5.75 Å². The van der Waals surface area contributed by atoms with Gasteiger partial charge in [-0.1, -0.05) is 25.2 Å². The molecule has 0 saturated carbocycles. The molecule has 0 heterocycles. The molecule has 0 bridgehead atoms. The molecule has 1 rings (SSSR count). The number of aliphatic hydroxyl groups excluding tert-OH is 1. The minimum absolute atomic E-state index is 0.0341. The molecular formula is C16H21NO3. The number of aliphatic hydroxyl groups is 1. The van der Waals surface area contributed by atoms with Crippen LogP contribution in [-0.4, -0.2) is 43.2 Å². The molecule has 1 aromatic rings. The summed E-state index contributed by atoms with van der Waals surface area (Å²) in [5.74, 6) is 5.93. The topological polar surface area (TPSA) is 49.8 Å². The van der Waals surface area contributed by atoms with Gasteiger partial charge in [-0.25, -0.2) is 0 Å². The van der Waals surface area contributed by atoms with Gasteiger partial charge < -0.3 is 14.7 Å². The maximum Gasteiger partial charge on any atom is 0.253 e. The van der Waals surface area contributed by atoms with Gasteiger partial charge in [0, 0.05) is 19.2 Å². The highest BCUT2D eigenvalue weighted by Gasteiger charge is 2.13. The number of carbonyl (C=O) groups excluding carboxylic acids is 1. The number of ether oxygens (including phenoxy) is 1. The molecule has 0 unspecified atom stereocenters. The van der Waals surface area contributed by atoms with Crippen LogP contribution >= 0.6 is 0 Å². The van der Waals surface area contributed by atoms with Crippen molar-refractivity contribution in [1.29, 1.82) is 0 Å². The number of hydrogen-bond donors (Lipinski definition) is 1. The van der Waals surface area contributed by atoms with E-state index in [9.17, 15) is 4.79 Å². The lowest BCUT2D eigenvalue weighted by Gasteiger charge is -2.17. The van der Waals surface area contributed by atoms with Gasteiger partial charge in [0.05, 0.1) is 12.7 Å². The SMILES string of the molecule is CCCCN(C)C(=O)c1ccc(OC)c(C#CCO)c1. The zero-order valence-electron chi connectivity index (χ0n) is 12.3. The molecular weight excluding hydrogens is 254 g/mol. The van der Waals surface area contributed by atoms with Gasteiger partial charge in [0.1, 0.15) is 12.4 Å². The smallest absolute Gasteiger partial charge is 0.253 e. The Balaban J connectivity index is 2.98. The molecule has 1 amide bonds. The second-order valence-electron chi connectivity index (χ2n) is 4.46. The van der Waals surface area contributed by atoms with Gasteiger partial charge in [-0.15, -0.1) is 0 Å². The third-order valence-electron chi connectivity index (χ3n) is 2.94. The highest BCUT2D eigenvalue weighted by Crippen LogP contribution is 2.19. The molecule has 0 aliphatic heterocycles. The first-order chi connectivity index (χ1) is 9.63. The van der Waals surface area contributed by atoms with E-state index in [1.165, 1.54) is 0 Å². The molecule has 20 heavy (non-hydrogen) atoms. The van der Waals surface area contributed by atoms with E-state index in [2.05, 4.69) is 18.8 Å². The molecule has 0 aromatic heterocycles. The van der Waals surface area contributed by atoms with Crippen LogP contribution in [0.2, 0.25) is 0 Å². The number of methoxy groups -OCH3 is 1. The van der Waals surface area contributed by atoms with Crippen molar-refractivity contribution in [2.45, 2.75) is 19.8 Å². The Hall–Kier alpha value is -1.99. The summed E-state index contributed by atoms with van der Waals surface area (Å²) in [6.07, 6.45) is 2.03. The molecule has 108 valence electrons. The summed E-state index contributed by atoms with van der Waals surface area (Å²) in [6.45, 7) is 2.60. The van der Waals surface area contributed by atoms with Crippen molar-refractivity contribution in [3.8, 4) is 17.6 Å². The second kappa shape index (κ2) is 8.23. The fourth-order valence-corrected chi connectivity index (χ4v) is 1.79. The van der Waals surface area contributed by atoms with Crippen LogP contribution < -0.4 is 4.74 Å². The van der Waals surface area contributed by atoms with Gasteiger partial charge in [0.25, 0.3) is 5.91 Å². The first kappa shape index (κ1) is 16.1. The van der Waals surface area contributed by atoms with E-state index < -0.39 is 0 Å². The summed E-state index contributed by atoms with van der Waals surface area (Å²) < 4.78 is 5.19. The van der Waals surface area contributed by atoms with E-state index in [4.69, 9.17) is 9.84 Å². The van der Waals surface area contributed by atoms with Crippen LogP contribution in [0.25, 0.3) is 0 Å². The molecule has 0 aliphatic carbocycles. The van der Waals surface area contributed by atoms with E-state index in [1.54, 1.807) is 37.3 Å². The fraction of sp³-hybridized carbons (Fsp3) is 0.438. The Morgan fingerprint density at radius 3 is 2.80 bits per heavy atom. The Bertz CT molecular complexity index is 514. The quantitative estimate of drug-likeness (QED) is 0.835. The van der Waals surface area contributed by atoms with Gasteiger partial charge in [-0.3, -0.25) is 4.79 Å². The summed E-state index contributed by atoms with van der Waals surface area (Å²) in [7, 11) is 3.34. The minimum atomic E-state index is -0.224. The molecule has 0 radical (unpaired) electrons. The molecule has 0 fully saturated rings. The van der Waals surface area contributed by atoms with Gasteiger partial charge in [-0.05, 0) is 24.6 Å².